The summed E-state index contributed by atoms with van der Waals surface area (Å²) in [5.41, 5.74) is 1.02. The summed E-state index contributed by atoms with van der Waals surface area (Å²) >= 11 is 0. The fraction of sp³-hybridized carbons (Fsp3) is 0.467. The Morgan fingerprint density at radius 3 is 2.70 bits per heavy atom. The van der Waals surface area contributed by atoms with Crippen molar-refractivity contribution in [2.45, 2.75) is 25.4 Å². The molecule has 3 rings (SSSR count). The molecule has 20 heavy (non-hydrogen) atoms. The minimum absolute atomic E-state index is 0.0180. The number of nitrogens with zero attached hydrogens (tertiary/aromatic N) is 1. The maximum absolute atomic E-state index is 13.4. The number of rotatable bonds is 2. The predicted octanol–water partition coefficient (Wildman–Crippen LogP) is 3.94. The third-order valence-electron chi connectivity index (χ3n) is 4.23. The Labute approximate surface area is 116 Å². The highest BCUT2D eigenvalue weighted by atomic mass is 19.1. The molecule has 0 unspecified atom stereocenters. The summed E-state index contributed by atoms with van der Waals surface area (Å²) < 4.78 is 19.2. The number of ether oxygens (including phenoxy) is 1. The summed E-state index contributed by atoms with van der Waals surface area (Å²) in [5.74, 6) is 0.470. The van der Waals surface area contributed by atoms with Gasteiger partial charge in [-0.1, -0.05) is 0 Å². The summed E-state index contributed by atoms with van der Waals surface area (Å²) in [5, 5.41) is 10.7. The lowest BCUT2D eigenvalue weighted by Gasteiger charge is -2.39. The second-order valence-electron chi connectivity index (χ2n) is 5.41. The zero-order chi connectivity index (χ0) is 14.1. The van der Waals surface area contributed by atoms with Gasteiger partial charge >= 0.3 is 0 Å². The Morgan fingerprint density at radius 2 is 2.00 bits per heavy atom. The molecule has 3 atom stereocenters. The topological polar surface area (TPSA) is 52.4 Å². The van der Waals surface area contributed by atoms with Crippen molar-refractivity contribution < 1.29 is 14.1 Å². The zero-order valence-electron chi connectivity index (χ0n) is 11.0. The summed E-state index contributed by atoms with van der Waals surface area (Å²) in [4.78, 5) is 10.3. The minimum Gasteiger partial charge on any atom is -0.373 e. The van der Waals surface area contributed by atoms with Gasteiger partial charge in [-0.2, -0.15) is 0 Å². The Morgan fingerprint density at radius 1 is 1.25 bits per heavy atom. The van der Waals surface area contributed by atoms with E-state index in [2.05, 4.69) is 0 Å². The molecule has 1 heterocycles. The molecule has 2 aliphatic rings. The van der Waals surface area contributed by atoms with E-state index >= 15 is 0 Å². The van der Waals surface area contributed by atoms with Crippen LogP contribution in [0, 0.1) is 22.0 Å². The molecule has 1 fully saturated rings. The predicted molar refractivity (Wildman–Crippen MR) is 71.8 cm³/mol. The van der Waals surface area contributed by atoms with Crippen LogP contribution in [0.4, 0.5) is 10.1 Å². The number of fused-ring (bicyclic) bond motifs is 1. The van der Waals surface area contributed by atoms with Gasteiger partial charge < -0.3 is 4.74 Å². The van der Waals surface area contributed by atoms with Crippen molar-refractivity contribution in [2.24, 2.45) is 11.8 Å². The van der Waals surface area contributed by atoms with Crippen LogP contribution >= 0.6 is 0 Å². The van der Waals surface area contributed by atoms with Crippen LogP contribution in [0.15, 0.2) is 36.2 Å². The molecule has 0 aromatic heterocycles. The van der Waals surface area contributed by atoms with Crippen LogP contribution < -0.4 is 0 Å². The maximum atomic E-state index is 13.4. The number of hydrogen-bond donors (Lipinski definition) is 0. The summed E-state index contributed by atoms with van der Waals surface area (Å²) in [6.45, 7) is 0.604. The quantitative estimate of drug-likeness (QED) is 0.607. The number of non-ortho nitro benzene ring substituents is 1. The van der Waals surface area contributed by atoms with Crippen LogP contribution in [0.2, 0.25) is 0 Å². The van der Waals surface area contributed by atoms with Crippen molar-refractivity contribution in [3.63, 3.8) is 0 Å². The molecule has 0 N–H and O–H groups in total. The first-order chi connectivity index (χ1) is 9.65. The Balaban J connectivity index is 1.84. The van der Waals surface area contributed by atoms with Gasteiger partial charge in [-0.25, -0.2) is 4.39 Å². The first-order valence-corrected chi connectivity index (χ1v) is 6.87. The zero-order valence-corrected chi connectivity index (χ0v) is 11.0. The molecule has 1 aliphatic carbocycles. The molecule has 4 nitrogen and oxygen atoms in total. The number of benzene rings is 1. The van der Waals surface area contributed by atoms with Gasteiger partial charge in [0.2, 0.25) is 0 Å². The smallest absolute Gasteiger partial charge is 0.269 e. The van der Waals surface area contributed by atoms with Crippen molar-refractivity contribution in [3.05, 3.63) is 51.8 Å². The molecule has 0 radical (unpaired) electrons. The standard InChI is InChI=1S/C15H16FNO3/c16-12-3-6-14-11(9-12)7-8-20-15(14)10-1-4-13(5-2-10)17(18)19/h1-2,4-5,9,11,14-15H,3,6-8H2/t11-,14-,15+/m1/s1. The average Bonchev–Trinajstić information content (AvgIpc) is 2.46. The molecule has 0 amide bonds. The highest BCUT2D eigenvalue weighted by Gasteiger charge is 2.36. The van der Waals surface area contributed by atoms with Crippen LogP contribution in [0.3, 0.4) is 0 Å². The highest BCUT2D eigenvalue weighted by molar-refractivity contribution is 5.34. The van der Waals surface area contributed by atoms with E-state index in [0.29, 0.717) is 13.0 Å². The number of allylic oxidation sites excluding steroid dienone is 2. The van der Waals surface area contributed by atoms with Crippen LogP contribution in [0.5, 0.6) is 0 Å². The number of halogens is 1. The molecule has 1 aromatic rings. The second kappa shape index (κ2) is 5.32. The van der Waals surface area contributed by atoms with E-state index in [0.717, 1.165) is 18.4 Å². The number of hydrogen-bond acceptors (Lipinski definition) is 3. The summed E-state index contributed by atoms with van der Waals surface area (Å²) in [6, 6.07) is 6.50. The van der Waals surface area contributed by atoms with Gasteiger partial charge in [0, 0.05) is 18.7 Å². The van der Waals surface area contributed by atoms with E-state index in [1.165, 1.54) is 12.1 Å². The van der Waals surface area contributed by atoms with Crippen LogP contribution in [0.1, 0.15) is 30.9 Å². The van der Waals surface area contributed by atoms with E-state index in [4.69, 9.17) is 4.74 Å². The van der Waals surface area contributed by atoms with Crippen molar-refractivity contribution in [2.75, 3.05) is 6.61 Å². The maximum Gasteiger partial charge on any atom is 0.269 e. The summed E-state index contributed by atoms with van der Waals surface area (Å²) in [7, 11) is 0. The number of nitro benzene ring substituents is 1. The Bertz CT molecular complexity index is 541. The number of nitro groups is 1. The lowest BCUT2D eigenvalue weighted by molar-refractivity contribution is -0.384. The molecular weight excluding hydrogens is 261 g/mol. The lowest BCUT2D eigenvalue weighted by Crippen LogP contribution is -2.31. The van der Waals surface area contributed by atoms with Crippen LogP contribution in [-0.2, 0) is 4.74 Å². The molecular formula is C15H16FNO3. The van der Waals surface area contributed by atoms with Gasteiger partial charge in [0.15, 0.2) is 0 Å². The SMILES string of the molecule is O=[N+]([O-])c1ccc([C@@H]2OCC[C@@H]3C=C(F)CC[C@H]32)cc1. The highest BCUT2D eigenvalue weighted by Crippen LogP contribution is 2.44. The van der Waals surface area contributed by atoms with E-state index in [9.17, 15) is 14.5 Å². The van der Waals surface area contributed by atoms with Crippen molar-refractivity contribution >= 4 is 5.69 Å². The van der Waals surface area contributed by atoms with E-state index in [1.807, 2.05) is 0 Å². The second-order valence-corrected chi connectivity index (χ2v) is 5.41. The average molecular weight is 277 g/mol. The molecule has 106 valence electrons. The third kappa shape index (κ3) is 2.45. The van der Waals surface area contributed by atoms with Gasteiger partial charge in [-0.05, 0) is 54.9 Å². The van der Waals surface area contributed by atoms with Gasteiger partial charge in [0.1, 0.15) is 0 Å². The molecule has 5 heteroatoms. The van der Waals surface area contributed by atoms with Crippen molar-refractivity contribution in [1.82, 2.24) is 0 Å². The van der Waals surface area contributed by atoms with E-state index in [-0.39, 0.29) is 29.5 Å². The van der Waals surface area contributed by atoms with Gasteiger partial charge in [-0.3, -0.25) is 10.1 Å². The van der Waals surface area contributed by atoms with Gasteiger partial charge in [0.25, 0.3) is 5.69 Å². The van der Waals surface area contributed by atoms with Crippen molar-refractivity contribution in [1.29, 1.82) is 0 Å². The molecule has 0 bridgehead atoms. The Kier molecular flexibility index (Phi) is 3.53. The first kappa shape index (κ1) is 13.2. The van der Waals surface area contributed by atoms with Gasteiger partial charge in [0.05, 0.1) is 16.9 Å². The fourth-order valence-electron chi connectivity index (χ4n) is 3.21. The van der Waals surface area contributed by atoms with Crippen LogP contribution in [0.25, 0.3) is 0 Å². The third-order valence-corrected chi connectivity index (χ3v) is 4.23. The minimum atomic E-state index is -0.410. The fourth-order valence-corrected chi connectivity index (χ4v) is 3.21. The Hall–Kier alpha value is -1.75. The normalized spacial score (nSPS) is 29.4. The van der Waals surface area contributed by atoms with Crippen molar-refractivity contribution in [3.8, 4) is 0 Å². The van der Waals surface area contributed by atoms with E-state index < -0.39 is 4.92 Å². The van der Waals surface area contributed by atoms with Gasteiger partial charge in [-0.15, -0.1) is 0 Å². The largest absolute Gasteiger partial charge is 0.373 e. The molecule has 0 spiro atoms. The molecule has 1 saturated heterocycles. The monoisotopic (exact) mass is 277 g/mol. The van der Waals surface area contributed by atoms with Crippen LogP contribution in [-0.4, -0.2) is 11.5 Å². The molecule has 1 aromatic carbocycles. The molecule has 1 aliphatic heterocycles. The van der Waals surface area contributed by atoms with E-state index in [1.54, 1.807) is 18.2 Å². The summed E-state index contributed by atoms with van der Waals surface area (Å²) in [6.07, 6.45) is 3.73. The lowest BCUT2D eigenvalue weighted by atomic mass is 9.75. The molecule has 0 saturated carbocycles. The first-order valence-electron chi connectivity index (χ1n) is 6.87.